The average Bonchev–Trinajstić information content (AvgIpc) is 2.54. The van der Waals surface area contributed by atoms with Crippen LogP contribution in [0.25, 0.3) is 0 Å². The van der Waals surface area contributed by atoms with Crippen LogP contribution in [0.1, 0.15) is 12.5 Å². The van der Waals surface area contributed by atoms with Crippen molar-refractivity contribution in [2.75, 3.05) is 17.7 Å². The number of nitrogen functional groups attached to an aromatic ring is 1. The Morgan fingerprint density at radius 1 is 1.22 bits per heavy atom. The van der Waals surface area contributed by atoms with Crippen molar-refractivity contribution in [3.63, 3.8) is 0 Å². The van der Waals surface area contributed by atoms with E-state index in [1.165, 1.54) is 18.2 Å². The largest absolute Gasteiger partial charge is 0.487 e. The highest BCUT2D eigenvalue weighted by Gasteiger charge is 2.19. The number of aryl methyl sites for hydroxylation is 1. The standard InChI is InChI=1S/C17H17F3N2O/c1-3-7-23-14-9-12(19)15(20)17(16(14)21)22-13-6-5-10(4-2)8-11(13)18/h3,5-6,8-9,22H,1,4,7,21H2,2H3. The molecule has 0 aliphatic heterocycles. The predicted octanol–water partition coefficient (Wildman–Crippen LogP) is 4.56. The van der Waals surface area contributed by atoms with Crippen LogP contribution >= 0.6 is 0 Å². The fourth-order valence-corrected chi connectivity index (χ4v) is 2.02. The van der Waals surface area contributed by atoms with Crippen LogP contribution in [0.5, 0.6) is 5.75 Å². The van der Waals surface area contributed by atoms with E-state index in [0.29, 0.717) is 6.42 Å². The molecule has 0 atom stereocenters. The van der Waals surface area contributed by atoms with Crippen LogP contribution in [-0.4, -0.2) is 6.61 Å². The van der Waals surface area contributed by atoms with E-state index in [1.54, 1.807) is 6.07 Å². The summed E-state index contributed by atoms with van der Waals surface area (Å²) in [4.78, 5) is 0. The van der Waals surface area contributed by atoms with Gasteiger partial charge in [-0.05, 0) is 24.1 Å². The van der Waals surface area contributed by atoms with Gasteiger partial charge in [-0.2, -0.15) is 0 Å². The van der Waals surface area contributed by atoms with Crippen molar-refractivity contribution in [2.45, 2.75) is 13.3 Å². The Labute approximate surface area is 132 Å². The van der Waals surface area contributed by atoms with Gasteiger partial charge in [-0.15, -0.1) is 0 Å². The molecule has 0 unspecified atom stereocenters. The summed E-state index contributed by atoms with van der Waals surface area (Å²) in [5.41, 5.74) is 6.06. The number of hydrogen-bond donors (Lipinski definition) is 2. The van der Waals surface area contributed by atoms with E-state index in [4.69, 9.17) is 10.5 Å². The van der Waals surface area contributed by atoms with Gasteiger partial charge >= 0.3 is 0 Å². The number of anilines is 3. The minimum Gasteiger partial charge on any atom is -0.487 e. The van der Waals surface area contributed by atoms with E-state index in [1.807, 2.05) is 6.92 Å². The summed E-state index contributed by atoms with van der Waals surface area (Å²) in [5, 5.41) is 2.50. The monoisotopic (exact) mass is 322 g/mol. The van der Waals surface area contributed by atoms with Gasteiger partial charge in [0.1, 0.15) is 29.5 Å². The van der Waals surface area contributed by atoms with Gasteiger partial charge in [0.2, 0.25) is 0 Å². The fraction of sp³-hybridized carbons (Fsp3) is 0.176. The Morgan fingerprint density at radius 2 is 1.96 bits per heavy atom. The normalized spacial score (nSPS) is 10.4. The molecule has 0 spiro atoms. The first-order chi connectivity index (χ1) is 11.0. The van der Waals surface area contributed by atoms with E-state index in [0.717, 1.165) is 11.6 Å². The SMILES string of the molecule is C=CCOc1cc(F)c(F)c(Nc2ccc(CC)cc2F)c1N. The second-order valence-electron chi connectivity index (χ2n) is 4.85. The molecule has 0 amide bonds. The molecule has 122 valence electrons. The first-order valence-corrected chi connectivity index (χ1v) is 7.04. The first-order valence-electron chi connectivity index (χ1n) is 7.04. The lowest BCUT2D eigenvalue weighted by molar-refractivity contribution is 0.361. The van der Waals surface area contributed by atoms with Crippen molar-refractivity contribution < 1.29 is 17.9 Å². The Hall–Kier alpha value is -2.63. The second-order valence-corrected chi connectivity index (χ2v) is 4.85. The molecule has 0 saturated heterocycles. The van der Waals surface area contributed by atoms with Gasteiger partial charge in [0.25, 0.3) is 0 Å². The molecule has 6 heteroatoms. The van der Waals surface area contributed by atoms with Gasteiger partial charge in [-0.1, -0.05) is 25.6 Å². The van der Waals surface area contributed by atoms with Crippen LogP contribution < -0.4 is 15.8 Å². The minimum absolute atomic E-state index is 0.00642. The highest BCUT2D eigenvalue weighted by molar-refractivity contribution is 5.78. The number of rotatable bonds is 6. The van der Waals surface area contributed by atoms with Gasteiger partial charge in [0, 0.05) is 6.07 Å². The van der Waals surface area contributed by atoms with Gasteiger partial charge < -0.3 is 15.8 Å². The third-order valence-corrected chi connectivity index (χ3v) is 3.28. The third kappa shape index (κ3) is 3.59. The quantitative estimate of drug-likeness (QED) is 0.605. The maximum Gasteiger partial charge on any atom is 0.184 e. The van der Waals surface area contributed by atoms with Crippen LogP contribution in [0.3, 0.4) is 0 Å². The summed E-state index contributed by atoms with van der Waals surface area (Å²) in [6, 6.07) is 5.30. The average molecular weight is 322 g/mol. The maximum atomic E-state index is 14.0. The lowest BCUT2D eigenvalue weighted by atomic mass is 10.1. The molecule has 0 aliphatic rings. The molecular formula is C17H17F3N2O. The maximum absolute atomic E-state index is 14.0. The molecule has 0 aliphatic carbocycles. The summed E-state index contributed by atoms with van der Waals surface area (Å²) < 4.78 is 46.9. The highest BCUT2D eigenvalue weighted by atomic mass is 19.2. The molecule has 2 rings (SSSR count). The zero-order valence-electron chi connectivity index (χ0n) is 12.6. The van der Waals surface area contributed by atoms with Crippen molar-refractivity contribution in [3.05, 3.63) is 59.9 Å². The second kappa shape index (κ2) is 7.09. The van der Waals surface area contributed by atoms with Crippen LogP contribution in [-0.2, 0) is 6.42 Å². The molecular weight excluding hydrogens is 305 g/mol. The summed E-state index contributed by atoms with van der Waals surface area (Å²) in [7, 11) is 0. The summed E-state index contributed by atoms with van der Waals surface area (Å²) in [5.74, 6) is -2.98. The van der Waals surface area contributed by atoms with Crippen molar-refractivity contribution >= 4 is 17.1 Å². The molecule has 3 N–H and O–H groups in total. The van der Waals surface area contributed by atoms with Crippen molar-refractivity contribution in [1.29, 1.82) is 0 Å². The highest BCUT2D eigenvalue weighted by Crippen LogP contribution is 2.36. The van der Waals surface area contributed by atoms with E-state index >= 15 is 0 Å². The minimum atomic E-state index is -1.20. The van der Waals surface area contributed by atoms with E-state index < -0.39 is 17.5 Å². The van der Waals surface area contributed by atoms with E-state index in [2.05, 4.69) is 11.9 Å². The smallest absolute Gasteiger partial charge is 0.184 e. The Bertz CT molecular complexity index is 732. The molecule has 0 radical (unpaired) electrons. The Balaban J connectivity index is 2.42. The van der Waals surface area contributed by atoms with Crippen molar-refractivity contribution in [1.82, 2.24) is 0 Å². The molecule has 0 heterocycles. The third-order valence-electron chi connectivity index (χ3n) is 3.28. The predicted molar refractivity (Wildman–Crippen MR) is 85.5 cm³/mol. The van der Waals surface area contributed by atoms with Crippen molar-refractivity contribution in [2.24, 2.45) is 0 Å². The number of hydrogen-bond acceptors (Lipinski definition) is 3. The molecule has 0 bridgehead atoms. The molecule has 0 fully saturated rings. The zero-order valence-corrected chi connectivity index (χ0v) is 12.6. The lowest BCUT2D eigenvalue weighted by Gasteiger charge is -2.15. The van der Waals surface area contributed by atoms with Gasteiger partial charge in [0.15, 0.2) is 11.6 Å². The number of ether oxygens (including phenoxy) is 1. The van der Waals surface area contributed by atoms with Crippen LogP contribution in [0, 0.1) is 17.5 Å². The zero-order chi connectivity index (χ0) is 17.0. The Kier molecular flexibility index (Phi) is 5.16. The van der Waals surface area contributed by atoms with Crippen LogP contribution in [0.2, 0.25) is 0 Å². The van der Waals surface area contributed by atoms with Crippen LogP contribution in [0.15, 0.2) is 36.9 Å². The van der Waals surface area contributed by atoms with Gasteiger partial charge in [0.05, 0.1) is 5.69 Å². The molecule has 23 heavy (non-hydrogen) atoms. The molecule has 3 nitrogen and oxygen atoms in total. The number of halogens is 3. The van der Waals surface area contributed by atoms with E-state index in [9.17, 15) is 13.2 Å². The topological polar surface area (TPSA) is 47.3 Å². The van der Waals surface area contributed by atoms with Gasteiger partial charge in [-0.3, -0.25) is 0 Å². The fourth-order valence-electron chi connectivity index (χ4n) is 2.02. The van der Waals surface area contributed by atoms with Crippen molar-refractivity contribution in [3.8, 4) is 5.75 Å². The number of nitrogens with one attached hydrogen (secondary N) is 1. The van der Waals surface area contributed by atoms with Gasteiger partial charge in [-0.25, -0.2) is 13.2 Å². The molecule has 2 aromatic carbocycles. The van der Waals surface area contributed by atoms with Crippen LogP contribution in [0.4, 0.5) is 30.2 Å². The number of benzene rings is 2. The first kappa shape index (κ1) is 16.7. The Morgan fingerprint density at radius 3 is 2.57 bits per heavy atom. The molecule has 2 aromatic rings. The lowest BCUT2D eigenvalue weighted by Crippen LogP contribution is -2.06. The number of nitrogens with two attached hydrogens (primary N) is 1. The molecule has 0 aromatic heterocycles. The summed E-state index contributed by atoms with van der Waals surface area (Å²) in [6.45, 7) is 5.43. The summed E-state index contributed by atoms with van der Waals surface area (Å²) >= 11 is 0. The molecule has 0 saturated carbocycles. The van der Waals surface area contributed by atoms with E-state index in [-0.39, 0.29) is 29.4 Å². The summed E-state index contributed by atoms with van der Waals surface area (Å²) in [6.07, 6.45) is 2.10.